The van der Waals surface area contributed by atoms with Crippen molar-refractivity contribution in [3.05, 3.63) is 59.9 Å². The molecule has 15 heteroatoms. The molecule has 1 N–H and O–H groups in total. The summed E-state index contributed by atoms with van der Waals surface area (Å²) in [6.07, 6.45) is 0.627. The molecule has 5 rings (SSSR count). The number of halogens is 2. The third kappa shape index (κ3) is 5.39. The van der Waals surface area contributed by atoms with Gasteiger partial charge in [0.15, 0.2) is 0 Å². The lowest BCUT2D eigenvalue weighted by molar-refractivity contribution is 0.0229. The van der Waals surface area contributed by atoms with Gasteiger partial charge < -0.3 is 10.1 Å². The standard InChI is InChI=1S/C23H24F2N8O4S/c1-15-5-6-16(10-19(15)27-23(34)18-11-26-32-7-3-2-4-20(18)32)22-28-30-33(29-22)17-12-31(13-17)38(35,36)9-8-37-14-21(24)25/h2-7,10-11,17,21H,8-9,12-14H2,1H3,(H,27,34). The third-order valence-corrected chi connectivity index (χ3v) is 7.89. The van der Waals surface area contributed by atoms with Crippen molar-refractivity contribution in [3.63, 3.8) is 0 Å². The van der Waals surface area contributed by atoms with Crippen LogP contribution in [0, 0.1) is 6.92 Å². The minimum atomic E-state index is -3.63. The molecule has 0 saturated carbocycles. The smallest absolute Gasteiger partial charge is 0.261 e. The van der Waals surface area contributed by atoms with Crippen molar-refractivity contribution in [2.24, 2.45) is 0 Å². The summed E-state index contributed by atoms with van der Waals surface area (Å²) in [5, 5.41) is 19.7. The predicted octanol–water partition coefficient (Wildman–Crippen LogP) is 2.02. The van der Waals surface area contributed by atoms with E-state index in [-0.39, 0.29) is 37.4 Å². The van der Waals surface area contributed by atoms with E-state index in [1.807, 2.05) is 31.2 Å². The fourth-order valence-electron chi connectivity index (χ4n) is 3.95. The maximum absolute atomic E-state index is 12.9. The Hall–Kier alpha value is -3.82. The Labute approximate surface area is 216 Å². The first-order valence-corrected chi connectivity index (χ1v) is 13.3. The Balaban J connectivity index is 1.23. The van der Waals surface area contributed by atoms with Crippen LogP contribution in [0.15, 0.2) is 48.8 Å². The van der Waals surface area contributed by atoms with Gasteiger partial charge in [0.05, 0.1) is 29.6 Å². The van der Waals surface area contributed by atoms with Crippen molar-refractivity contribution in [1.29, 1.82) is 0 Å². The predicted molar refractivity (Wildman–Crippen MR) is 132 cm³/mol. The van der Waals surface area contributed by atoms with Gasteiger partial charge in [-0.3, -0.25) is 4.79 Å². The van der Waals surface area contributed by atoms with E-state index in [0.717, 1.165) is 5.56 Å². The maximum Gasteiger partial charge on any atom is 0.261 e. The van der Waals surface area contributed by atoms with E-state index < -0.39 is 23.1 Å². The van der Waals surface area contributed by atoms with Gasteiger partial charge in [0.25, 0.3) is 12.3 Å². The number of alkyl halides is 2. The van der Waals surface area contributed by atoms with Crippen LogP contribution in [-0.2, 0) is 14.8 Å². The number of nitrogens with zero attached hydrogens (tertiary/aromatic N) is 7. The number of hydrogen-bond acceptors (Lipinski definition) is 8. The Bertz CT molecular complexity index is 1570. The molecule has 1 fully saturated rings. The second-order valence-electron chi connectivity index (χ2n) is 8.76. The zero-order chi connectivity index (χ0) is 26.9. The summed E-state index contributed by atoms with van der Waals surface area (Å²) in [5.74, 6) is -0.369. The van der Waals surface area contributed by atoms with Crippen molar-refractivity contribution >= 4 is 27.1 Å². The molecule has 0 atom stereocenters. The quantitative estimate of drug-likeness (QED) is 0.298. The molecule has 0 spiro atoms. The zero-order valence-electron chi connectivity index (χ0n) is 20.2. The Kier molecular flexibility index (Phi) is 7.14. The lowest BCUT2D eigenvalue weighted by Crippen LogP contribution is -2.52. The Morgan fingerprint density at radius 3 is 2.84 bits per heavy atom. The first-order chi connectivity index (χ1) is 18.2. The number of nitrogens with one attached hydrogen (secondary N) is 1. The molecule has 1 aromatic carbocycles. The molecule has 1 saturated heterocycles. The Morgan fingerprint density at radius 1 is 1.24 bits per heavy atom. The number of aromatic nitrogens is 6. The molecular weight excluding hydrogens is 522 g/mol. The van der Waals surface area contributed by atoms with E-state index in [4.69, 9.17) is 0 Å². The van der Waals surface area contributed by atoms with Crippen LogP contribution in [0.4, 0.5) is 14.5 Å². The number of fused-ring (bicyclic) bond motifs is 1. The number of sulfonamides is 1. The van der Waals surface area contributed by atoms with E-state index in [9.17, 15) is 22.0 Å². The highest BCUT2D eigenvalue weighted by Crippen LogP contribution is 2.26. The van der Waals surface area contributed by atoms with Crippen LogP contribution in [0.5, 0.6) is 0 Å². The number of hydrogen-bond donors (Lipinski definition) is 1. The molecule has 0 aliphatic carbocycles. The number of carbonyl (C=O) groups excluding carboxylic acids is 1. The average Bonchev–Trinajstić information content (AvgIpc) is 3.50. The van der Waals surface area contributed by atoms with Crippen molar-refractivity contribution in [2.75, 3.05) is 37.4 Å². The summed E-state index contributed by atoms with van der Waals surface area (Å²) in [4.78, 5) is 14.3. The van der Waals surface area contributed by atoms with Crippen LogP contribution < -0.4 is 5.32 Å². The molecule has 1 aliphatic heterocycles. The Morgan fingerprint density at radius 2 is 2.05 bits per heavy atom. The molecule has 1 aliphatic rings. The second kappa shape index (κ2) is 10.5. The second-order valence-corrected chi connectivity index (χ2v) is 10.8. The summed E-state index contributed by atoms with van der Waals surface area (Å²) < 4.78 is 56.4. The summed E-state index contributed by atoms with van der Waals surface area (Å²) in [7, 11) is -3.63. The van der Waals surface area contributed by atoms with Crippen LogP contribution >= 0.6 is 0 Å². The van der Waals surface area contributed by atoms with Gasteiger partial charge in [-0.05, 0) is 35.9 Å². The van der Waals surface area contributed by atoms with Crippen LogP contribution in [-0.4, -0.2) is 86.9 Å². The molecule has 38 heavy (non-hydrogen) atoms. The first-order valence-electron chi connectivity index (χ1n) is 11.7. The van der Waals surface area contributed by atoms with Gasteiger partial charge in [0.2, 0.25) is 15.8 Å². The highest BCUT2D eigenvalue weighted by Gasteiger charge is 2.38. The number of anilines is 1. The minimum Gasteiger partial charge on any atom is -0.374 e. The van der Waals surface area contributed by atoms with Crippen molar-refractivity contribution in [2.45, 2.75) is 19.4 Å². The SMILES string of the molecule is Cc1ccc(-c2nnn(C3CN(S(=O)(=O)CCOCC(F)F)C3)n2)cc1NC(=O)c1cnn2ccccc12. The minimum absolute atomic E-state index is 0.141. The molecule has 200 valence electrons. The van der Waals surface area contributed by atoms with Crippen LogP contribution in [0.2, 0.25) is 0 Å². The highest BCUT2D eigenvalue weighted by atomic mass is 32.2. The fourth-order valence-corrected chi connectivity index (χ4v) is 5.33. The molecular formula is C23H24F2N8O4S. The average molecular weight is 547 g/mol. The molecule has 0 unspecified atom stereocenters. The van der Waals surface area contributed by atoms with Gasteiger partial charge in [-0.25, -0.2) is 21.7 Å². The largest absolute Gasteiger partial charge is 0.374 e. The number of ether oxygens (including phenoxy) is 1. The molecule has 12 nitrogen and oxygen atoms in total. The maximum atomic E-state index is 12.9. The number of aryl methyl sites for hydroxylation is 1. The van der Waals surface area contributed by atoms with E-state index in [1.165, 1.54) is 15.3 Å². The van der Waals surface area contributed by atoms with Crippen molar-refractivity contribution < 1.29 is 26.7 Å². The van der Waals surface area contributed by atoms with Gasteiger partial charge in [-0.1, -0.05) is 18.2 Å². The topological polar surface area (TPSA) is 137 Å². The zero-order valence-corrected chi connectivity index (χ0v) is 21.1. The lowest BCUT2D eigenvalue weighted by atomic mass is 10.1. The molecule has 0 radical (unpaired) electrons. The van der Waals surface area contributed by atoms with Crippen LogP contribution in [0.3, 0.4) is 0 Å². The van der Waals surface area contributed by atoms with Gasteiger partial charge in [0.1, 0.15) is 12.6 Å². The van der Waals surface area contributed by atoms with E-state index in [0.29, 0.717) is 28.2 Å². The number of pyridine rings is 1. The summed E-state index contributed by atoms with van der Waals surface area (Å²) in [6.45, 7) is 1.05. The van der Waals surface area contributed by atoms with Gasteiger partial charge >= 0.3 is 0 Å². The first kappa shape index (κ1) is 25.8. The molecule has 3 aromatic heterocycles. The number of benzene rings is 1. The summed E-state index contributed by atoms with van der Waals surface area (Å²) in [5.41, 5.74) is 3.15. The van der Waals surface area contributed by atoms with E-state index >= 15 is 0 Å². The summed E-state index contributed by atoms with van der Waals surface area (Å²) in [6, 6.07) is 10.5. The normalized spacial score (nSPS) is 14.7. The van der Waals surface area contributed by atoms with Crippen molar-refractivity contribution in [3.8, 4) is 11.4 Å². The van der Waals surface area contributed by atoms with E-state index in [2.05, 4.69) is 30.6 Å². The number of tetrazole rings is 1. The molecule has 0 bridgehead atoms. The lowest BCUT2D eigenvalue weighted by Gasteiger charge is -2.36. The molecule has 4 aromatic rings. The van der Waals surface area contributed by atoms with Gasteiger partial charge in [-0.15, -0.1) is 10.2 Å². The highest BCUT2D eigenvalue weighted by molar-refractivity contribution is 7.89. The van der Waals surface area contributed by atoms with Crippen LogP contribution in [0.1, 0.15) is 22.0 Å². The number of amides is 1. The fraction of sp³-hybridized carbons (Fsp3) is 0.348. The van der Waals surface area contributed by atoms with Gasteiger partial charge in [-0.2, -0.15) is 14.2 Å². The number of carbonyl (C=O) groups is 1. The van der Waals surface area contributed by atoms with Crippen molar-refractivity contribution in [1.82, 2.24) is 34.1 Å². The van der Waals surface area contributed by atoms with E-state index in [1.54, 1.807) is 22.8 Å². The monoisotopic (exact) mass is 546 g/mol. The molecule has 1 amide bonds. The third-order valence-electron chi connectivity index (χ3n) is 6.12. The molecule has 4 heterocycles. The van der Waals surface area contributed by atoms with Gasteiger partial charge in [0, 0.05) is 30.5 Å². The van der Waals surface area contributed by atoms with Crippen LogP contribution in [0.25, 0.3) is 16.9 Å². The number of rotatable bonds is 10. The summed E-state index contributed by atoms with van der Waals surface area (Å²) >= 11 is 0.